The number of morpholine rings is 1. The van der Waals surface area contributed by atoms with Crippen molar-refractivity contribution in [1.29, 1.82) is 0 Å². The minimum atomic E-state index is 0. The van der Waals surface area contributed by atoms with Crippen LogP contribution >= 0.6 is 35.6 Å². The topological polar surface area (TPSA) is 52.1 Å². The van der Waals surface area contributed by atoms with E-state index >= 15 is 0 Å². The Morgan fingerprint density at radius 2 is 1.83 bits per heavy atom. The third-order valence-electron chi connectivity index (χ3n) is 5.66. The van der Waals surface area contributed by atoms with Crippen molar-refractivity contribution >= 4 is 41.5 Å². The predicted octanol–water partition coefficient (Wildman–Crippen LogP) is 2.67. The van der Waals surface area contributed by atoms with Gasteiger partial charge in [-0.1, -0.05) is 29.8 Å². The summed E-state index contributed by atoms with van der Waals surface area (Å²) in [5.74, 6) is 1.60. The maximum Gasteiger partial charge on any atom is 0.191 e. The van der Waals surface area contributed by atoms with Gasteiger partial charge in [0.05, 0.1) is 13.2 Å². The van der Waals surface area contributed by atoms with Crippen molar-refractivity contribution in [2.45, 2.75) is 19.4 Å². The van der Waals surface area contributed by atoms with Crippen molar-refractivity contribution in [3.8, 4) is 0 Å². The van der Waals surface area contributed by atoms with Gasteiger partial charge in [0.1, 0.15) is 0 Å². The zero-order valence-corrected chi connectivity index (χ0v) is 20.5. The average Bonchev–Trinajstić information content (AvgIpc) is 2.74. The summed E-state index contributed by atoms with van der Waals surface area (Å²) in [6, 6.07) is 8.16. The molecule has 8 heteroatoms. The first-order valence-corrected chi connectivity index (χ1v) is 10.8. The first kappa shape index (κ1) is 24.7. The van der Waals surface area contributed by atoms with E-state index in [0.29, 0.717) is 5.92 Å². The van der Waals surface area contributed by atoms with E-state index < -0.39 is 0 Å². The summed E-state index contributed by atoms with van der Waals surface area (Å²) in [4.78, 5) is 9.30. The van der Waals surface area contributed by atoms with Crippen LogP contribution in [-0.4, -0.2) is 81.8 Å². The van der Waals surface area contributed by atoms with Gasteiger partial charge in [-0.05, 0) is 43.5 Å². The van der Waals surface area contributed by atoms with Crippen molar-refractivity contribution < 1.29 is 4.74 Å². The van der Waals surface area contributed by atoms with Crippen LogP contribution in [0.5, 0.6) is 0 Å². The number of likely N-dealkylation sites (tertiary alicyclic amines) is 1. The number of aliphatic imine (C=N–C) groups is 1. The SMILES string of the molecule is CN=C(NCCN1CCOCC1)NCC1CCN(Cc2ccccc2Cl)CC1.I. The van der Waals surface area contributed by atoms with Crippen LogP contribution in [0.15, 0.2) is 29.3 Å². The van der Waals surface area contributed by atoms with Gasteiger partial charge < -0.3 is 15.4 Å². The molecule has 2 saturated heterocycles. The molecule has 0 atom stereocenters. The van der Waals surface area contributed by atoms with E-state index in [1.165, 1.54) is 18.4 Å². The first-order chi connectivity index (χ1) is 13.7. The van der Waals surface area contributed by atoms with Crippen LogP contribution in [0.25, 0.3) is 0 Å². The Hall–Kier alpha value is -0.610. The lowest BCUT2D eigenvalue weighted by Crippen LogP contribution is -2.46. The second kappa shape index (κ2) is 13.6. The molecule has 0 bridgehead atoms. The smallest absolute Gasteiger partial charge is 0.191 e. The van der Waals surface area contributed by atoms with E-state index in [2.05, 4.69) is 37.6 Å². The van der Waals surface area contributed by atoms with E-state index in [1.807, 2.05) is 19.2 Å². The number of hydrogen-bond donors (Lipinski definition) is 2. The second-order valence-corrected chi connectivity index (χ2v) is 8.05. The molecule has 2 aliphatic rings. The van der Waals surface area contributed by atoms with E-state index in [9.17, 15) is 0 Å². The molecule has 0 radical (unpaired) electrons. The fraction of sp³-hybridized carbons (Fsp3) is 0.667. The maximum atomic E-state index is 6.30. The monoisotopic (exact) mass is 535 g/mol. The summed E-state index contributed by atoms with van der Waals surface area (Å²) in [6.07, 6.45) is 2.42. The maximum absolute atomic E-state index is 6.30. The Morgan fingerprint density at radius 1 is 1.10 bits per heavy atom. The summed E-state index contributed by atoms with van der Waals surface area (Å²) in [5, 5.41) is 7.82. The van der Waals surface area contributed by atoms with Gasteiger partial charge in [0, 0.05) is 51.3 Å². The number of rotatable bonds is 7. The van der Waals surface area contributed by atoms with Crippen molar-refractivity contribution in [2.75, 3.05) is 66.1 Å². The van der Waals surface area contributed by atoms with Crippen LogP contribution in [0.3, 0.4) is 0 Å². The zero-order chi connectivity index (χ0) is 19.6. The fourth-order valence-electron chi connectivity index (χ4n) is 3.84. The molecule has 0 aromatic heterocycles. The summed E-state index contributed by atoms with van der Waals surface area (Å²) >= 11 is 6.30. The standard InChI is InChI=1S/C21H34ClN5O.HI/c1-23-21(24-8-11-26-12-14-28-15-13-26)25-16-18-6-9-27(10-7-18)17-19-4-2-3-5-20(19)22;/h2-5,18H,6-17H2,1H3,(H2,23,24,25);1H. The van der Waals surface area contributed by atoms with Gasteiger partial charge >= 0.3 is 0 Å². The van der Waals surface area contributed by atoms with Crippen LogP contribution in [0.1, 0.15) is 18.4 Å². The predicted molar refractivity (Wildman–Crippen MR) is 131 cm³/mol. The van der Waals surface area contributed by atoms with E-state index in [0.717, 1.165) is 76.6 Å². The molecular formula is C21H35ClIN5O. The van der Waals surface area contributed by atoms with Gasteiger partial charge in [-0.25, -0.2) is 0 Å². The highest BCUT2D eigenvalue weighted by molar-refractivity contribution is 14.0. The summed E-state index contributed by atoms with van der Waals surface area (Å²) in [5.41, 5.74) is 1.23. The number of nitrogens with one attached hydrogen (secondary N) is 2. The number of halogens is 2. The lowest BCUT2D eigenvalue weighted by Gasteiger charge is -2.32. The average molecular weight is 536 g/mol. The van der Waals surface area contributed by atoms with Crippen molar-refractivity contribution in [1.82, 2.24) is 20.4 Å². The van der Waals surface area contributed by atoms with Crippen molar-refractivity contribution in [3.05, 3.63) is 34.9 Å². The normalized spacial score (nSPS) is 19.6. The molecule has 2 fully saturated rings. The number of piperidine rings is 1. The van der Waals surface area contributed by atoms with Crippen LogP contribution in [-0.2, 0) is 11.3 Å². The summed E-state index contributed by atoms with van der Waals surface area (Å²) < 4.78 is 5.39. The lowest BCUT2D eigenvalue weighted by atomic mass is 9.96. The number of nitrogens with zero attached hydrogens (tertiary/aromatic N) is 3. The first-order valence-electron chi connectivity index (χ1n) is 10.4. The van der Waals surface area contributed by atoms with Crippen molar-refractivity contribution in [2.24, 2.45) is 10.9 Å². The summed E-state index contributed by atoms with van der Waals surface area (Å²) in [6.45, 7) is 9.88. The Bertz CT molecular complexity index is 619. The molecule has 3 rings (SSSR count). The van der Waals surface area contributed by atoms with Crippen LogP contribution in [0.4, 0.5) is 0 Å². The molecule has 0 aliphatic carbocycles. The lowest BCUT2D eigenvalue weighted by molar-refractivity contribution is 0.0389. The third-order valence-corrected chi connectivity index (χ3v) is 6.03. The zero-order valence-electron chi connectivity index (χ0n) is 17.4. The molecule has 6 nitrogen and oxygen atoms in total. The summed E-state index contributed by atoms with van der Waals surface area (Å²) in [7, 11) is 1.84. The molecule has 2 N–H and O–H groups in total. The number of hydrogen-bond acceptors (Lipinski definition) is 4. The quantitative estimate of drug-likeness (QED) is 0.319. The van der Waals surface area contributed by atoms with Gasteiger partial charge in [0.2, 0.25) is 0 Å². The highest BCUT2D eigenvalue weighted by Crippen LogP contribution is 2.21. The van der Waals surface area contributed by atoms with Gasteiger partial charge in [0.15, 0.2) is 5.96 Å². The van der Waals surface area contributed by atoms with Crippen LogP contribution in [0.2, 0.25) is 5.02 Å². The molecule has 0 unspecified atom stereocenters. The van der Waals surface area contributed by atoms with Gasteiger partial charge in [-0.3, -0.25) is 14.8 Å². The molecule has 164 valence electrons. The number of guanidine groups is 1. The number of ether oxygens (including phenoxy) is 1. The second-order valence-electron chi connectivity index (χ2n) is 7.64. The fourth-order valence-corrected chi connectivity index (χ4v) is 4.03. The highest BCUT2D eigenvalue weighted by atomic mass is 127. The molecule has 0 spiro atoms. The van der Waals surface area contributed by atoms with E-state index in [4.69, 9.17) is 16.3 Å². The molecule has 1 aromatic carbocycles. The largest absolute Gasteiger partial charge is 0.379 e. The number of benzene rings is 1. The Labute approximate surface area is 197 Å². The van der Waals surface area contributed by atoms with Crippen molar-refractivity contribution in [3.63, 3.8) is 0 Å². The molecular weight excluding hydrogens is 501 g/mol. The Kier molecular flexibility index (Phi) is 11.6. The van der Waals surface area contributed by atoms with Crippen LogP contribution < -0.4 is 10.6 Å². The minimum Gasteiger partial charge on any atom is -0.379 e. The highest BCUT2D eigenvalue weighted by Gasteiger charge is 2.20. The van der Waals surface area contributed by atoms with Gasteiger partial charge in [-0.15, -0.1) is 24.0 Å². The molecule has 0 amide bonds. The Balaban J connectivity index is 0.00000300. The van der Waals surface area contributed by atoms with Gasteiger partial charge in [-0.2, -0.15) is 0 Å². The van der Waals surface area contributed by atoms with Gasteiger partial charge in [0.25, 0.3) is 0 Å². The minimum absolute atomic E-state index is 0. The molecule has 2 heterocycles. The third kappa shape index (κ3) is 8.57. The molecule has 2 aliphatic heterocycles. The molecule has 29 heavy (non-hydrogen) atoms. The Morgan fingerprint density at radius 3 is 2.52 bits per heavy atom. The van der Waals surface area contributed by atoms with E-state index in [1.54, 1.807) is 0 Å². The van der Waals surface area contributed by atoms with E-state index in [-0.39, 0.29) is 24.0 Å². The molecule has 1 aromatic rings. The van der Waals surface area contributed by atoms with Crippen LogP contribution in [0, 0.1) is 5.92 Å². The molecule has 0 saturated carbocycles.